The second-order valence-electron chi connectivity index (χ2n) is 3.85. The molecule has 0 spiro atoms. The van der Waals surface area contributed by atoms with Gasteiger partial charge in [0.1, 0.15) is 5.75 Å². The maximum Gasteiger partial charge on any atom is 0.227 e. The molecular formula is C10H4Cl10O. The molecule has 0 unspecified atom stereocenters. The zero-order valence-electron chi connectivity index (χ0n) is 9.46. The van der Waals surface area contributed by atoms with Crippen LogP contribution in [-0.2, 0) is 8.67 Å². The quantitative estimate of drug-likeness (QED) is 0.425. The minimum Gasteiger partial charge on any atom is -0.507 e. The fourth-order valence-corrected chi connectivity index (χ4v) is 2.58. The molecule has 0 atom stereocenters. The lowest BCUT2D eigenvalue weighted by atomic mass is 10.0. The Labute approximate surface area is 171 Å². The summed E-state index contributed by atoms with van der Waals surface area (Å²) in [6, 6.07) is 4.02. The molecule has 0 saturated carbocycles. The van der Waals surface area contributed by atoms with Crippen molar-refractivity contribution >= 4 is 116 Å². The van der Waals surface area contributed by atoms with Gasteiger partial charge in [-0.25, -0.2) is 0 Å². The fraction of sp³-hybridized carbons (Fsp3) is 0.400. The molecule has 0 aliphatic heterocycles. The monoisotopic (exact) mass is 490 g/mol. The highest BCUT2D eigenvalue weighted by molar-refractivity contribution is 6.76. The average molecular weight is 495 g/mol. The normalized spacial score (nSPS) is 14.4. The summed E-state index contributed by atoms with van der Waals surface area (Å²) in [7, 11) is 0. The number of rotatable bonds is 2. The van der Waals surface area contributed by atoms with E-state index in [1.807, 2.05) is 0 Å². The van der Waals surface area contributed by atoms with Crippen LogP contribution in [0.4, 0.5) is 0 Å². The minimum atomic E-state index is -2.16. The predicted molar refractivity (Wildman–Crippen MR) is 95.5 cm³/mol. The van der Waals surface area contributed by atoms with Crippen LogP contribution in [0.3, 0.4) is 0 Å². The Balaban J connectivity index is 3.56. The van der Waals surface area contributed by atoms with Gasteiger partial charge in [-0.1, -0.05) is 134 Å². The van der Waals surface area contributed by atoms with Gasteiger partial charge in [-0.15, -0.1) is 0 Å². The highest BCUT2D eigenvalue weighted by atomic mass is 35.6. The summed E-state index contributed by atoms with van der Waals surface area (Å²) < 4.78 is -8.52. The first kappa shape index (κ1) is 21.0. The van der Waals surface area contributed by atoms with Crippen molar-refractivity contribution in [2.24, 2.45) is 0 Å². The molecule has 1 aromatic carbocycles. The lowest BCUT2D eigenvalue weighted by Crippen LogP contribution is -2.31. The van der Waals surface area contributed by atoms with Crippen LogP contribution in [-0.4, -0.2) is 12.7 Å². The summed E-state index contributed by atoms with van der Waals surface area (Å²) in [6.07, 6.45) is 0. The summed E-state index contributed by atoms with van der Waals surface area (Å²) >= 11 is 58.2. The zero-order valence-corrected chi connectivity index (χ0v) is 17.0. The molecule has 120 valence electrons. The van der Waals surface area contributed by atoms with Gasteiger partial charge >= 0.3 is 0 Å². The number of para-hydroxylation sites is 1. The molecule has 0 fully saturated rings. The third-order valence-corrected chi connectivity index (χ3v) is 7.23. The van der Waals surface area contributed by atoms with Crippen molar-refractivity contribution in [1.82, 2.24) is 0 Å². The van der Waals surface area contributed by atoms with Crippen LogP contribution < -0.4 is 0 Å². The topological polar surface area (TPSA) is 20.2 Å². The first-order valence-electron chi connectivity index (χ1n) is 4.86. The molecule has 1 rings (SSSR count). The van der Waals surface area contributed by atoms with Gasteiger partial charge in [0, 0.05) is 11.1 Å². The number of benzene rings is 1. The summed E-state index contributed by atoms with van der Waals surface area (Å²) in [5.41, 5.74) is -0.327. The highest BCUT2D eigenvalue weighted by Crippen LogP contribution is 2.59. The van der Waals surface area contributed by atoms with E-state index >= 15 is 0 Å². The van der Waals surface area contributed by atoms with Crippen LogP contribution in [0.5, 0.6) is 5.75 Å². The van der Waals surface area contributed by atoms with E-state index in [0.717, 1.165) is 0 Å². The second-order valence-corrected chi connectivity index (χ2v) is 11.1. The number of halogens is 10. The molecule has 0 saturated heterocycles. The molecule has 0 aliphatic rings. The summed E-state index contributed by atoms with van der Waals surface area (Å²) in [4.78, 5) is 0. The van der Waals surface area contributed by atoms with E-state index in [1.165, 1.54) is 18.2 Å². The van der Waals surface area contributed by atoms with Crippen molar-refractivity contribution in [3.8, 4) is 5.75 Å². The third kappa shape index (κ3) is 4.12. The number of alkyl halides is 10. The predicted octanol–water partition coefficient (Wildman–Crippen LogP) is 7.39. The van der Waals surface area contributed by atoms with E-state index in [1.54, 1.807) is 0 Å². The first-order valence-corrected chi connectivity index (χ1v) is 8.64. The van der Waals surface area contributed by atoms with Crippen LogP contribution in [0, 0.1) is 0 Å². The molecule has 11 heteroatoms. The van der Waals surface area contributed by atoms with Gasteiger partial charge in [0.15, 0.2) is 8.67 Å². The maximum atomic E-state index is 10.3. The minimum absolute atomic E-state index is 0.164. The summed E-state index contributed by atoms with van der Waals surface area (Å²) in [5, 5.41) is 10.3. The van der Waals surface area contributed by atoms with Gasteiger partial charge in [0.05, 0.1) is 0 Å². The van der Waals surface area contributed by atoms with Crippen molar-refractivity contribution in [2.75, 3.05) is 0 Å². The summed E-state index contributed by atoms with van der Waals surface area (Å²) in [6.45, 7) is 0. The molecule has 1 aromatic rings. The van der Waals surface area contributed by atoms with Crippen LogP contribution in [0.1, 0.15) is 11.1 Å². The molecule has 0 heterocycles. The molecule has 0 amide bonds. The van der Waals surface area contributed by atoms with E-state index in [4.69, 9.17) is 116 Å². The number of phenols is 1. The van der Waals surface area contributed by atoms with Crippen LogP contribution in [0.25, 0.3) is 0 Å². The van der Waals surface area contributed by atoms with Crippen molar-refractivity contribution < 1.29 is 5.11 Å². The van der Waals surface area contributed by atoms with E-state index in [-0.39, 0.29) is 11.1 Å². The maximum absolute atomic E-state index is 10.3. The van der Waals surface area contributed by atoms with Gasteiger partial charge in [-0.05, 0) is 0 Å². The third-order valence-electron chi connectivity index (χ3n) is 2.42. The van der Waals surface area contributed by atoms with E-state index < -0.39 is 22.0 Å². The second kappa shape index (κ2) is 6.67. The molecule has 21 heavy (non-hydrogen) atoms. The standard InChI is InChI=1S/C10H4Cl10O/c11-7(12,9(15,16)17)4-2-1-3-5(6(4)21)8(13,14)10(18,19)20/h1-3,21H. The number of hydrogen-bond acceptors (Lipinski definition) is 1. The molecule has 1 N–H and O–H groups in total. The van der Waals surface area contributed by atoms with E-state index in [9.17, 15) is 5.11 Å². The smallest absolute Gasteiger partial charge is 0.227 e. The SMILES string of the molecule is Oc1c(C(Cl)(Cl)C(Cl)(Cl)Cl)cccc1C(Cl)(Cl)C(Cl)(Cl)Cl. The summed E-state index contributed by atoms with van der Waals surface area (Å²) in [5.74, 6) is -0.565. The Morgan fingerprint density at radius 2 is 0.905 bits per heavy atom. The average Bonchev–Trinajstić information content (AvgIpc) is 2.25. The number of aromatic hydroxyl groups is 1. The Morgan fingerprint density at radius 1 is 0.619 bits per heavy atom. The van der Waals surface area contributed by atoms with E-state index in [2.05, 4.69) is 0 Å². The first-order chi connectivity index (χ1) is 9.14. The number of hydrogen-bond donors (Lipinski definition) is 1. The molecule has 1 nitrogen and oxygen atoms in total. The molecule has 0 bridgehead atoms. The lowest BCUT2D eigenvalue weighted by molar-refractivity contribution is 0.455. The van der Waals surface area contributed by atoms with Crippen molar-refractivity contribution in [1.29, 1.82) is 0 Å². The van der Waals surface area contributed by atoms with Gasteiger partial charge in [-0.3, -0.25) is 0 Å². The van der Waals surface area contributed by atoms with Crippen LogP contribution in [0.2, 0.25) is 0 Å². The lowest BCUT2D eigenvalue weighted by Gasteiger charge is -2.32. The molecule has 0 aromatic heterocycles. The van der Waals surface area contributed by atoms with Crippen molar-refractivity contribution in [3.63, 3.8) is 0 Å². The highest BCUT2D eigenvalue weighted by Gasteiger charge is 2.53. The van der Waals surface area contributed by atoms with E-state index in [0.29, 0.717) is 0 Å². The number of phenolic OH excluding ortho intramolecular Hbond substituents is 1. The van der Waals surface area contributed by atoms with Gasteiger partial charge in [0.25, 0.3) is 0 Å². The Bertz CT molecular complexity index is 483. The zero-order chi connectivity index (χ0) is 16.9. The Hall–Kier alpha value is 1.92. The van der Waals surface area contributed by atoms with Gasteiger partial charge in [-0.2, -0.15) is 0 Å². The van der Waals surface area contributed by atoms with Gasteiger partial charge in [0.2, 0.25) is 7.59 Å². The van der Waals surface area contributed by atoms with Crippen molar-refractivity contribution in [2.45, 2.75) is 16.3 Å². The molecular weight excluding hydrogens is 491 g/mol. The molecule has 0 radical (unpaired) electrons. The van der Waals surface area contributed by atoms with Crippen LogP contribution in [0.15, 0.2) is 18.2 Å². The fourth-order valence-electron chi connectivity index (χ4n) is 1.36. The Kier molecular flexibility index (Phi) is 6.66. The molecule has 0 aliphatic carbocycles. The van der Waals surface area contributed by atoms with Crippen LogP contribution >= 0.6 is 116 Å². The van der Waals surface area contributed by atoms with Gasteiger partial charge < -0.3 is 5.11 Å². The largest absolute Gasteiger partial charge is 0.507 e. The van der Waals surface area contributed by atoms with Crippen molar-refractivity contribution in [3.05, 3.63) is 29.3 Å². The Morgan fingerprint density at radius 3 is 1.14 bits per heavy atom.